The molecule has 1 fully saturated rings. The maximum absolute atomic E-state index is 12.7. The van der Waals surface area contributed by atoms with E-state index >= 15 is 0 Å². The molecular formula is C28H33F2N3O4. The molecule has 1 saturated carbocycles. The summed E-state index contributed by atoms with van der Waals surface area (Å²) in [7, 11) is 0. The molecule has 198 valence electrons. The summed E-state index contributed by atoms with van der Waals surface area (Å²) in [6.07, 6.45) is 7.01. The number of carbonyl (C=O) groups is 3. The van der Waals surface area contributed by atoms with E-state index in [0.717, 1.165) is 25.7 Å². The summed E-state index contributed by atoms with van der Waals surface area (Å²) in [6.45, 7) is 1.59. The molecule has 0 radical (unpaired) electrons. The van der Waals surface area contributed by atoms with Crippen LogP contribution in [0.15, 0.2) is 66.7 Å². The third kappa shape index (κ3) is 8.78. The SMILES string of the molecule is CC(F)(F)C(=O)O.NC(C(=O)N[C@H](/C=C/C(=O)N1Cc2ccccc2C1)CCc1ccccc1)C1CC1. The van der Waals surface area contributed by atoms with E-state index < -0.39 is 17.9 Å². The molecule has 37 heavy (non-hydrogen) atoms. The zero-order chi connectivity index (χ0) is 27.0. The van der Waals surface area contributed by atoms with Gasteiger partial charge in [-0.3, -0.25) is 9.59 Å². The number of benzene rings is 2. The molecule has 2 amide bonds. The van der Waals surface area contributed by atoms with Crippen LogP contribution in [0.1, 0.15) is 42.9 Å². The van der Waals surface area contributed by atoms with Crippen molar-refractivity contribution in [2.45, 2.75) is 63.7 Å². The highest BCUT2D eigenvalue weighted by Crippen LogP contribution is 2.31. The number of carbonyl (C=O) groups excluding carboxylic acids is 2. The summed E-state index contributed by atoms with van der Waals surface area (Å²) in [4.78, 5) is 36.4. The number of nitrogens with one attached hydrogen (secondary N) is 1. The summed E-state index contributed by atoms with van der Waals surface area (Å²) in [5, 5.41) is 10.5. The highest BCUT2D eigenvalue weighted by atomic mass is 19.3. The fraction of sp³-hybridized carbons (Fsp3) is 0.393. The van der Waals surface area contributed by atoms with Crippen molar-refractivity contribution in [3.05, 3.63) is 83.4 Å². The molecule has 1 unspecified atom stereocenters. The molecule has 2 aromatic rings. The van der Waals surface area contributed by atoms with Crippen LogP contribution in [0.4, 0.5) is 8.78 Å². The van der Waals surface area contributed by atoms with Crippen LogP contribution in [0.2, 0.25) is 0 Å². The number of fused-ring (bicyclic) bond motifs is 1. The number of alkyl halides is 2. The normalized spacial score (nSPS) is 16.4. The lowest BCUT2D eigenvalue weighted by Gasteiger charge is -2.19. The average molecular weight is 514 g/mol. The van der Waals surface area contributed by atoms with E-state index in [-0.39, 0.29) is 17.9 Å². The van der Waals surface area contributed by atoms with E-state index in [9.17, 15) is 23.2 Å². The summed E-state index contributed by atoms with van der Waals surface area (Å²) in [6, 6.07) is 17.6. The zero-order valence-corrected chi connectivity index (χ0v) is 20.8. The van der Waals surface area contributed by atoms with Gasteiger partial charge in [0.05, 0.1) is 6.04 Å². The molecule has 7 nitrogen and oxygen atoms in total. The number of hydrogen-bond donors (Lipinski definition) is 3. The zero-order valence-electron chi connectivity index (χ0n) is 20.8. The molecular weight excluding hydrogens is 480 g/mol. The molecule has 1 aliphatic heterocycles. The van der Waals surface area contributed by atoms with Crippen molar-refractivity contribution in [2.24, 2.45) is 11.7 Å². The van der Waals surface area contributed by atoms with Gasteiger partial charge in [0.15, 0.2) is 0 Å². The van der Waals surface area contributed by atoms with E-state index in [1.165, 1.54) is 16.7 Å². The van der Waals surface area contributed by atoms with Gasteiger partial charge >= 0.3 is 11.9 Å². The lowest BCUT2D eigenvalue weighted by molar-refractivity contribution is -0.161. The van der Waals surface area contributed by atoms with Gasteiger partial charge in [0.1, 0.15) is 0 Å². The Kier molecular flexibility index (Phi) is 9.52. The molecule has 2 atom stereocenters. The predicted molar refractivity (Wildman–Crippen MR) is 135 cm³/mol. The fourth-order valence-corrected chi connectivity index (χ4v) is 3.92. The van der Waals surface area contributed by atoms with E-state index in [4.69, 9.17) is 10.8 Å². The third-order valence-corrected chi connectivity index (χ3v) is 6.35. The van der Waals surface area contributed by atoms with Gasteiger partial charge < -0.3 is 21.1 Å². The van der Waals surface area contributed by atoms with E-state index in [0.29, 0.717) is 25.9 Å². The second-order valence-corrected chi connectivity index (χ2v) is 9.52. The molecule has 2 aromatic carbocycles. The number of carboxylic acids is 1. The lowest BCUT2D eigenvalue weighted by atomic mass is 10.0. The Morgan fingerprint density at radius 3 is 2.14 bits per heavy atom. The van der Waals surface area contributed by atoms with Crippen molar-refractivity contribution in [3.8, 4) is 0 Å². The van der Waals surface area contributed by atoms with Crippen LogP contribution in [0, 0.1) is 5.92 Å². The number of halogens is 2. The average Bonchev–Trinajstić information content (AvgIpc) is 3.63. The first-order chi connectivity index (χ1) is 17.5. The van der Waals surface area contributed by atoms with Gasteiger partial charge in [-0.15, -0.1) is 0 Å². The highest BCUT2D eigenvalue weighted by Gasteiger charge is 2.34. The molecule has 4 rings (SSSR count). The maximum atomic E-state index is 12.7. The van der Waals surface area contributed by atoms with Gasteiger partial charge in [0.25, 0.3) is 0 Å². The maximum Gasteiger partial charge on any atom is 0.374 e. The van der Waals surface area contributed by atoms with Crippen LogP contribution >= 0.6 is 0 Å². The van der Waals surface area contributed by atoms with Gasteiger partial charge in [0, 0.05) is 32.1 Å². The van der Waals surface area contributed by atoms with Crippen LogP contribution in [0.25, 0.3) is 0 Å². The van der Waals surface area contributed by atoms with Gasteiger partial charge in [-0.05, 0) is 48.3 Å². The molecule has 0 spiro atoms. The number of nitrogens with zero attached hydrogens (tertiary/aromatic N) is 1. The van der Waals surface area contributed by atoms with Crippen molar-refractivity contribution in [2.75, 3.05) is 0 Å². The van der Waals surface area contributed by atoms with E-state index in [1.807, 2.05) is 41.3 Å². The molecule has 1 heterocycles. The van der Waals surface area contributed by atoms with Crippen LogP contribution in [0.5, 0.6) is 0 Å². The van der Waals surface area contributed by atoms with Gasteiger partial charge in [0.2, 0.25) is 11.8 Å². The summed E-state index contributed by atoms with van der Waals surface area (Å²) >= 11 is 0. The molecule has 1 aliphatic carbocycles. The van der Waals surface area contributed by atoms with E-state index in [1.54, 1.807) is 6.08 Å². The van der Waals surface area contributed by atoms with Gasteiger partial charge in [-0.2, -0.15) is 8.78 Å². The highest BCUT2D eigenvalue weighted by molar-refractivity contribution is 5.88. The first-order valence-corrected chi connectivity index (χ1v) is 12.3. The predicted octanol–water partition coefficient (Wildman–Crippen LogP) is 3.67. The Morgan fingerprint density at radius 1 is 1.08 bits per heavy atom. The minimum absolute atomic E-state index is 0.0309. The van der Waals surface area contributed by atoms with Crippen molar-refractivity contribution in [1.82, 2.24) is 10.2 Å². The summed E-state index contributed by atoms with van der Waals surface area (Å²) < 4.78 is 22.5. The topological polar surface area (TPSA) is 113 Å². The van der Waals surface area contributed by atoms with Crippen LogP contribution in [-0.2, 0) is 33.9 Å². The molecule has 0 bridgehead atoms. The number of amides is 2. The minimum atomic E-state index is -3.58. The molecule has 0 aromatic heterocycles. The monoisotopic (exact) mass is 513 g/mol. The van der Waals surface area contributed by atoms with Crippen LogP contribution < -0.4 is 11.1 Å². The van der Waals surface area contributed by atoms with Crippen LogP contribution in [0.3, 0.4) is 0 Å². The summed E-state index contributed by atoms with van der Waals surface area (Å²) in [5.74, 6) is -5.53. The van der Waals surface area contributed by atoms with Crippen LogP contribution in [-0.4, -0.2) is 45.8 Å². The number of aryl methyl sites for hydroxylation is 1. The Labute approximate surface area is 215 Å². The molecule has 4 N–H and O–H groups in total. The second kappa shape index (κ2) is 12.6. The largest absolute Gasteiger partial charge is 0.477 e. The van der Waals surface area contributed by atoms with Crippen molar-refractivity contribution in [1.29, 1.82) is 0 Å². The van der Waals surface area contributed by atoms with Crippen molar-refractivity contribution >= 4 is 17.8 Å². The van der Waals surface area contributed by atoms with Crippen molar-refractivity contribution in [3.63, 3.8) is 0 Å². The number of aliphatic carboxylic acids is 1. The third-order valence-electron chi connectivity index (χ3n) is 6.35. The lowest BCUT2D eigenvalue weighted by Crippen LogP contribution is -2.46. The minimum Gasteiger partial charge on any atom is -0.477 e. The Morgan fingerprint density at radius 2 is 1.62 bits per heavy atom. The fourth-order valence-electron chi connectivity index (χ4n) is 3.92. The molecule has 2 aliphatic rings. The Hall–Kier alpha value is -3.59. The number of hydrogen-bond acceptors (Lipinski definition) is 4. The smallest absolute Gasteiger partial charge is 0.374 e. The Balaban J connectivity index is 0.000000479. The second-order valence-electron chi connectivity index (χ2n) is 9.52. The first kappa shape index (κ1) is 28.0. The van der Waals surface area contributed by atoms with Gasteiger partial charge in [-0.1, -0.05) is 60.7 Å². The number of nitrogens with two attached hydrogens (primary N) is 1. The standard InChI is InChI=1S/C25H29N3O2.C3H4F2O2/c26-24(19-11-12-19)25(30)27-22(13-10-18-6-2-1-3-7-18)14-15-23(29)28-16-20-8-4-5-9-21(20)17-28;1-3(4,5)2(6)7/h1-9,14-15,19,22,24H,10-13,16-17,26H2,(H,27,30);1H3,(H,6,7)/b15-14+;/t22-,24?;/m0./s1. The van der Waals surface area contributed by atoms with Crippen molar-refractivity contribution < 1.29 is 28.3 Å². The van der Waals surface area contributed by atoms with E-state index in [2.05, 4.69) is 29.6 Å². The molecule has 9 heteroatoms. The van der Waals surface area contributed by atoms with Gasteiger partial charge in [-0.25, -0.2) is 4.79 Å². The quantitative estimate of drug-likeness (QED) is 0.443. The molecule has 0 saturated heterocycles. The number of carboxylic acid groups (broad SMARTS) is 1. The number of rotatable bonds is 9. The first-order valence-electron chi connectivity index (χ1n) is 12.3. The summed E-state index contributed by atoms with van der Waals surface area (Å²) in [5.41, 5.74) is 9.67. The Bertz CT molecular complexity index is 1090.